The number of carbonyl (C=O) groups is 1. The molecule has 0 N–H and O–H groups in total. The number of methoxy groups -OCH3 is 1. The zero-order valence-electron chi connectivity index (χ0n) is 13.2. The van der Waals surface area contributed by atoms with Crippen molar-refractivity contribution < 1.29 is 9.53 Å². The number of carbonyl (C=O) groups excluding carboxylic acids is 1. The van der Waals surface area contributed by atoms with E-state index in [1.54, 1.807) is 7.11 Å². The average Bonchev–Trinajstić information content (AvgIpc) is 2.74. The third-order valence-corrected chi connectivity index (χ3v) is 4.93. The molecule has 0 aromatic heterocycles. The summed E-state index contributed by atoms with van der Waals surface area (Å²) >= 11 is 0. The number of fused-ring (bicyclic) bond motifs is 1. The lowest BCUT2D eigenvalue weighted by atomic mass is 9.75. The first kappa shape index (κ1) is 14.6. The summed E-state index contributed by atoms with van der Waals surface area (Å²) in [6, 6.07) is 5.95. The summed E-state index contributed by atoms with van der Waals surface area (Å²) < 4.78 is 5.26. The number of nitrogens with zero attached hydrogens (tertiary/aromatic N) is 1. The maximum absolute atomic E-state index is 12.9. The fourth-order valence-electron chi connectivity index (χ4n) is 3.77. The summed E-state index contributed by atoms with van der Waals surface area (Å²) in [7, 11) is 1.65. The van der Waals surface area contributed by atoms with Gasteiger partial charge in [-0.15, -0.1) is 0 Å². The van der Waals surface area contributed by atoms with E-state index in [1.807, 2.05) is 12.1 Å². The first-order valence-corrected chi connectivity index (χ1v) is 7.77. The molecule has 1 radical (unpaired) electrons. The molecule has 3 heteroatoms. The van der Waals surface area contributed by atoms with Crippen LogP contribution in [0.3, 0.4) is 0 Å². The molecule has 0 saturated carbocycles. The minimum absolute atomic E-state index is 0.146. The Bertz CT molecular complexity index is 542. The molecule has 1 aromatic carbocycles. The molecule has 21 heavy (non-hydrogen) atoms. The molecule has 1 aliphatic carbocycles. The number of benzene rings is 1. The van der Waals surface area contributed by atoms with Crippen LogP contribution in [0.4, 0.5) is 0 Å². The number of likely N-dealkylation sites (tertiary alicyclic amines) is 1. The fraction of sp³-hybridized carbons (Fsp3) is 0.556. The zero-order chi connectivity index (χ0) is 15.0. The van der Waals surface area contributed by atoms with Gasteiger partial charge in [0, 0.05) is 17.5 Å². The minimum atomic E-state index is -0.146. The molecular weight excluding hydrogens is 262 g/mol. The number of hydrogen-bond donors (Lipinski definition) is 0. The van der Waals surface area contributed by atoms with E-state index in [1.165, 1.54) is 11.5 Å². The van der Waals surface area contributed by atoms with Crippen LogP contribution in [0.15, 0.2) is 18.2 Å². The lowest BCUT2D eigenvalue weighted by Crippen LogP contribution is -2.44. The maximum atomic E-state index is 12.9. The van der Waals surface area contributed by atoms with Gasteiger partial charge in [-0.25, -0.2) is 0 Å². The van der Waals surface area contributed by atoms with Crippen molar-refractivity contribution in [2.45, 2.75) is 33.1 Å². The van der Waals surface area contributed by atoms with Gasteiger partial charge in [0.1, 0.15) is 5.75 Å². The fourth-order valence-corrected chi connectivity index (χ4v) is 3.77. The number of hydrogen-bond acceptors (Lipinski definition) is 3. The molecular formula is C18H24NO2. The normalized spacial score (nSPS) is 21.0. The third kappa shape index (κ3) is 2.59. The summed E-state index contributed by atoms with van der Waals surface area (Å²) in [5.74, 6) is 2.57. The minimum Gasteiger partial charge on any atom is -0.497 e. The van der Waals surface area contributed by atoms with Crippen LogP contribution in [0.25, 0.3) is 0 Å². The van der Waals surface area contributed by atoms with E-state index < -0.39 is 0 Å². The second-order valence-electron chi connectivity index (χ2n) is 6.79. The Balaban J connectivity index is 1.76. The molecule has 113 valence electrons. The van der Waals surface area contributed by atoms with Gasteiger partial charge in [-0.1, -0.05) is 19.9 Å². The number of Topliss-reactive ketones (excluding diaryl/α,β-unsaturated/α-hetero) is 1. The Morgan fingerprint density at radius 3 is 2.62 bits per heavy atom. The molecule has 0 bridgehead atoms. The lowest BCUT2D eigenvalue weighted by molar-refractivity contribution is 0.0642. The van der Waals surface area contributed by atoms with Crippen molar-refractivity contribution >= 4 is 5.78 Å². The van der Waals surface area contributed by atoms with E-state index in [0.29, 0.717) is 5.78 Å². The predicted octanol–water partition coefficient (Wildman–Crippen LogP) is 3.13. The Morgan fingerprint density at radius 1 is 1.29 bits per heavy atom. The number of ketones is 1. The standard InChI is InChI=1S/C18H24NO2/c1-13(2)12-19-8-6-18(7-9-19)11-14-4-5-15(21-3)10-16(14)17(18)20/h4-5,10H,6-9,11-12H2,1-3H3. The highest BCUT2D eigenvalue weighted by atomic mass is 16.5. The van der Waals surface area contributed by atoms with E-state index in [2.05, 4.69) is 24.8 Å². The van der Waals surface area contributed by atoms with E-state index in [4.69, 9.17) is 4.74 Å². The quantitative estimate of drug-likeness (QED) is 0.855. The van der Waals surface area contributed by atoms with E-state index >= 15 is 0 Å². The van der Waals surface area contributed by atoms with Crippen molar-refractivity contribution in [3.05, 3.63) is 35.2 Å². The zero-order valence-corrected chi connectivity index (χ0v) is 13.2. The molecule has 1 saturated heterocycles. The summed E-state index contributed by atoms with van der Waals surface area (Å²) in [6.07, 6.45) is 2.88. The van der Waals surface area contributed by atoms with Crippen LogP contribution in [0.2, 0.25) is 0 Å². The molecule has 1 aromatic rings. The highest BCUT2D eigenvalue weighted by Gasteiger charge is 2.47. The van der Waals surface area contributed by atoms with Gasteiger partial charge in [-0.2, -0.15) is 0 Å². The Labute approximate surface area is 127 Å². The van der Waals surface area contributed by atoms with Gasteiger partial charge in [-0.3, -0.25) is 4.79 Å². The first-order valence-electron chi connectivity index (χ1n) is 7.77. The van der Waals surface area contributed by atoms with Crippen LogP contribution in [0.5, 0.6) is 5.75 Å². The van der Waals surface area contributed by atoms with Gasteiger partial charge < -0.3 is 9.64 Å². The van der Waals surface area contributed by atoms with Gasteiger partial charge in [-0.05, 0) is 56.0 Å². The predicted molar refractivity (Wildman–Crippen MR) is 83.7 cm³/mol. The van der Waals surface area contributed by atoms with Crippen LogP contribution in [-0.2, 0) is 6.42 Å². The van der Waals surface area contributed by atoms with Crippen molar-refractivity contribution in [2.24, 2.45) is 5.41 Å². The van der Waals surface area contributed by atoms with Crippen molar-refractivity contribution in [1.29, 1.82) is 0 Å². The van der Waals surface area contributed by atoms with Crippen molar-refractivity contribution in [3.8, 4) is 5.75 Å². The molecule has 0 unspecified atom stereocenters. The van der Waals surface area contributed by atoms with Gasteiger partial charge in [0.05, 0.1) is 7.11 Å². The van der Waals surface area contributed by atoms with Crippen LogP contribution in [-0.4, -0.2) is 37.4 Å². The molecule has 1 heterocycles. The van der Waals surface area contributed by atoms with Crippen LogP contribution < -0.4 is 4.74 Å². The second kappa shape index (κ2) is 5.45. The number of ether oxygens (including phenoxy) is 1. The van der Waals surface area contributed by atoms with Crippen LogP contribution >= 0.6 is 0 Å². The maximum Gasteiger partial charge on any atom is 0.169 e. The van der Waals surface area contributed by atoms with Crippen LogP contribution in [0, 0.1) is 11.3 Å². The highest BCUT2D eigenvalue weighted by molar-refractivity contribution is 6.05. The van der Waals surface area contributed by atoms with E-state index in [-0.39, 0.29) is 5.41 Å². The van der Waals surface area contributed by atoms with Gasteiger partial charge in [0.25, 0.3) is 0 Å². The molecule has 0 atom stereocenters. The number of piperidine rings is 1. The Kier molecular flexibility index (Phi) is 3.78. The monoisotopic (exact) mass is 286 g/mol. The Hall–Kier alpha value is -1.35. The van der Waals surface area contributed by atoms with Gasteiger partial charge >= 0.3 is 0 Å². The van der Waals surface area contributed by atoms with Gasteiger partial charge in [0.15, 0.2) is 5.78 Å². The second-order valence-corrected chi connectivity index (χ2v) is 6.79. The van der Waals surface area contributed by atoms with Crippen molar-refractivity contribution in [1.82, 2.24) is 4.90 Å². The number of rotatable bonds is 3. The van der Waals surface area contributed by atoms with Crippen molar-refractivity contribution in [3.63, 3.8) is 0 Å². The summed E-state index contributed by atoms with van der Waals surface area (Å²) in [6.45, 7) is 7.47. The third-order valence-electron chi connectivity index (χ3n) is 4.93. The molecule has 0 amide bonds. The van der Waals surface area contributed by atoms with Gasteiger partial charge in [0.2, 0.25) is 0 Å². The lowest BCUT2D eigenvalue weighted by Gasteiger charge is -2.38. The molecule has 1 fully saturated rings. The molecule has 2 aliphatic rings. The Morgan fingerprint density at radius 2 is 2.00 bits per heavy atom. The van der Waals surface area contributed by atoms with Crippen molar-refractivity contribution in [2.75, 3.05) is 26.7 Å². The molecule has 1 spiro atoms. The first-order chi connectivity index (χ1) is 10.0. The van der Waals surface area contributed by atoms with E-state index in [9.17, 15) is 4.79 Å². The van der Waals surface area contributed by atoms with Crippen LogP contribution in [0.1, 0.15) is 42.6 Å². The largest absolute Gasteiger partial charge is 0.497 e. The topological polar surface area (TPSA) is 29.5 Å². The van der Waals surface area contributed by atoms with E-state index in [0.717, 1.165) is 50.2 Å². The molecule has 3 nitrogen and oxygen atoms in total. The smallest absolute Gasteiger partial charge is 0.169 e. The molecule has 3 rings (SSSR count). The summed E-state index contributed by atoms with van der Waals surface area (Å²) in [4.78, 5) is 15.4. The SMILES string of the molecule is COc1ccc2c(c1)C(=O)C1(CCN(C[C](C)C)CC1)C2. The highest BCUT2D eigenvalue weighted by Crippen LogP contribution is 2.45. The molecule has 1 aliphatic heterocycles. The summed E-state index contributed by atoms with van der Waals surface area (Å²) in [5.41, 5.74) is 1.95. The summed E-state index contributed by atoms with van der Waals surface area (Å²) in [5, 5.41) is 0. The average molecular weight is 286 g/mol.